The van der Waals surface area contributed by atoms with Gasteiger partial charge in [0.2, 0.25) is 0 Å². The Bertz CT molecular complexity index is 824. The molecule has 0 saturated heterocycles. The molecule has 3 aromatic rings. The molecule has 1 heterocycles. The van der Waals surface area contributed by atoms with Crippen LogP contribution in [0.5, 0.6) is 0 Å². The van der Waals surface area contributed by atoms with Gasteiger partial charge in [-0.25, -0.2) is 0 Å². The van der Waals surface area contributed by atoms with Gasteiger partial charge in [0.05, 0.1) is 0 Å². The Balaban J connectivity index is 1.88. The Morgan fingerprint density at radius 2 is 1.73 bits per heavy atom. The maximum absolute atomic E-state index is 11.1. The molecule has 0 unspecified atom stereocenters. The quantitative estimate of drug-likeness (QED) is 0.609. The van der Waals surface area contributed by atoms with Crippen LogP contribution in [0.3, 0.4) is 0 Å². The van der Waals surface area contributed by atoms with Crippen molar-refractivity contribution in [2.75, 3.05) is 0 Å². The van der Waals surface area contributed by atoms with Crippen molar-refractivity contribution in [3.63, 3.8) is 0 Å². The van der Waals surface area contributed by atoms with Gasteiger partial charge >= 0.3 is 0 Å². The molecule has 1 aliphatic carbocycles. The van der Waals surface area contributed by atoms with Gasteiger partial charge in [-0.2, -0.15) is 0 Å². The molecule has 1 saturated carbocycles. The molecule has 0 atom stereocenters. The van der Waals surface area contributed by atoms with E-state index in [1.165, 1.54) is 53.9 Å². The van der Waals surface area contributed by atoms with E-state index in [1.807, 2.05) is 12.1 Å². The van der Waals surface area contributed by atoms with Crippen molar-refractivity contribution in [1.82, 2.24) is 4.57 Å². The molecule has 2 aromatic carbocycles. The first-order valence-electron chi connectivity index (χ1n) is 8.33. The van der Waals surface area contributed by atoms with Crippen LogP contribution in [0.1, 0.15) is 42.5 Å². The van der Waals surface area contributed by atoms with Crippen LogP contribution in [0.2, 0.25) is 0 Å². The highest BCUT2D eigenvalue weighted by Crippen LogP contribution is 2.33. The standard InChI is InChI=1S/C20H21NO/c22-14-16-10-11-20-18(12-16)17-8-4-5-9-19(17)21(20)13-15-6-2-1-3-7-15/h4-5,8-12,14-15H,1-3,6-7,13H2. The molecule has 1 aliphatic rings. The summed E-state index contributed by atoms with van der Waals surface area (Å²) in [7, 11) is 0. The Kier molecular flexibility index (Phi) is 3.45. The lowest BCUT2D eigenvalue weighted by molar-refractivity contribution is 0.112. The van der Waals surface area contributed by atoms with Crippen LogP contribution < -0.4 is 0 Å². The average molecular weight is 291 g/mol. The molecule has 0 spiro atoms. The SMILES string of the molecule is O=Cc1ccc2c(c1)c1ccccc1n2CC1CCCCC1. The molecule has 1 fully saturated rings. The summed E-state index contributed by atoms with van der Waals surface area (Å²) in [6.45, 7) is 1.10. The number of carbonyl (C=O) groups is 1. The predicted octanol–water partition coefficient (Wildman–Crippen LogP) is 5.19. The zero-order valence-electron chi connectivity index (χ0n) is 12.8. The number of hydrogen-bond donors (Lipinski definition) is 0. The zero-order chi connectivity index (χ0) is 14.9. The number of aromatic nitrogens is 1. The normalized spacial score (nSPS) is 16.4. The largest absolute Gasteiger partial charge is 0.340 e. The summed E-state index contributed by atoms with van der Waals surface area (Å²) in [6.07, 6.45) is 7.77. The van der Waals surface area contributed by atoms with E-state index in [9.17, 15) is 4.79 Å². The van der Waals surface area contributed by atoms with E-state index in [-0.39, 0.29) is 0 Å². The first-order chi connectivity index (χ1) is 10.9. The predicted molar refractivity (Wildman–Crippen MR) is 91.4 cm³/mol. The highest BCUT2D eigenvalue weighted by atomic mass is 16.1. The lowest BCUT2D eigenvalue weighted by Gasteiger charge is -2.23. The molecule has 0 aliphatic heterocycles. The molecule has 2 heteroatoms. The molecule has 1 aromatic heterocycles. The molecule has 0 radical (unpaired) electrons. The van der Waals surface area contributed by atoms with Crippen LogP contribution >= 0.6 is 0 Å². The molecule has 0 amide bonds. The first-order valence-corrected chi connectivity index (χ1v) is 8.33. The van der Waals surface area contributed by atoms with E-state index in [4.69, 9.17) is 0 Å². The van der Waals surface area contributed by atoms with E-state index in [0.717, 1.165) is 24.3 Å². The monoisotopic (exact) mass is 291 g/mol. The fraction of sp³-hybridized carbons (Fsp3) is 0.350. The topological polar surface area (TPSA) is 22.0 Å². The molecule has 112 valence electrons. The van der Waals surface area contributed by atoms with Crippen molar-refractivity contribution < 1.29 is 4.79 Å². The van der Waals surface area contributed by atoms with Crippen molar-refractivity contribution in [1.29, 1.82) is 0 Å². The second kappa shape index (κ2) is 5.60. The number of nitrogens with zero attached hydrogens (tertiary/aromatic N) is 1. The van der Waals surface area contributed by atoms with Gasteiger partial charge in [-0.05, 0) is 43.0 Å². The highest BCUT2D eigenvalue weighted by Gasteiger charge is 2.17. The third-order valence-electron chi connectivity index (χ3n) is 5.10. The van der Waals surface area contributed by atoms with Crippen molar-refractivity contribution in [2.45, 2.75) is 38.6 Å². The fourth-order valence-corrected chi connectivity index (χ4v) is 3.97. The van der Waals surface area contributed by atoms with E-state index < -0.39 is 0 Å². The summed E-state index contributed by atoms with van der Waals surface area (Å²) in [6, 6.07) is 14.7. The van der Waals surface area contributed by atoms with Gasteiger partial charge in [0, 0.05) is 33.9 Å². The number of aldehydes is 1. The smallest absolute Gasteiger partial charge is 0.150 e. The van der Waals surface area contributed by atoms with Crippen LogP contribution in [0.4, 0.5) is 0 Å². The Morgan fingerprint density at radius 1 is 0.955 bits per heavy atom. The molecular formula is C20H21NO. The summed E-state index contributed by atoms with van der Waals surface area (Å²) < 4.78 is 2.47. The van der Waals surface area contributed by atoms with Crippen molar-refractivity contribution in [3.8, 4) is 0 Å². The Labute approximate surface area is 130 Å². The van der Waals surface area contributed by atoms with Gasteiger partial charge in [-0.1, -0.05) is 37.5 Å². The van der Waals surface area contributed by atoms with Crippen LogP contribution in [-0.2, 0) is 6.54 Å². The van der Waals surface area contributed by atoms with Gasteiger partial charge in [-0.15, -0.1) is 0 Å². The minimum atomic E-state index is 0.757. The van der Waals surface area contributed by atoms with Crippen LogP contribution in [-0.4, -0.2) is 10.9 Å². The molecule has 0 N–H and O–H groups in total. The molecule has 2 nitrogen and oxygen atoms in total. The second-order valence-corrected chi connectivity index (χ2v) is 6.53. The molecule has 4 rings (SSSR count). The molecule has 0 bridgehead atoms. The van der Waals surface area contributed by atoms with Gasteiger partial charge in [0.15, 0.2) is 0 Å². The summed E-state index contributed by atoms with van der Waals surface area (Å²) >= 11 is 0. The minimum Gasteiger partial charge on any atom is -0.340 e. The van der Waals surface area contributed by atoms with Crippen LogP contribution in [0, 0.1) is 5.92 Å². The Hall–Kier alpha value is -2.09. The number of para-hydroxylation sites is 1. The summed E-state index contributed by atoms with van der Waals surface area (Å²) in [5.41, 5.74) is 3.32. The van der Waals surface area contributed by atoms with Crippen molar-refractivity contribution >= 4 is 28.1 Å². The number of hydrogen-bond acceptors (Lipinski definition) is 1. The molecule has 22 heavy (non-hydrogen) atoms. The first kappa shape index (κ1) is 13.6. The number of rotatable bonds is 3. The summed E-state index contributed by atoms with van der Waals surface area (Å²) in [4.78, 5) is 11.1. The lowest BCUT2D eigenvalue weighted by atomic mass is 9.89. The second-order valence-electron chi connectivity index (χ2n) is 6.53. The fourth-order valence-electron chi connectivity index (χ4n) is 3.97. The maximum atomic E-state index is 11.1. The minimum absolute atomic E-state index is 0.757. The number of benzene rings is 2. The average Bonchev–Trinajstić information content (AvgIpc) is 2.89. The van der Waals surface area contributed by atoms with E-state index in [0.29, 0.717) is 0 Å². The van der Waals surface area contributed by atoms with Crippen LogP contribution in [0.15, 0.2) is 42.5 Å². The van der Waals surface area contributed by atoms with Crippen molar-refractivity contribution in [3.05, 3.63) is 48.0 Å². The number of fused-ring (bicyclic) bond motifs is 3. The van der Waals surface area contributed by atoms with E-state index in [2.05, 4.69) is 34.9 Å². The third kappa shape index (κ3) is 2.23. The summed E-state index contributed by atoms with van der Waals surface area (Å²) in [5, 5.41) is 2.47. The van der Waals surface area contributed by atoms with Gasteiger partial charge in [0.1, 0.15) is 6.29 Å². The lowest BCUT2D eigenvalue weighted by Crippen LogP contribution is -2.13. The summed E-state index contributed by atoms with van der Waals surface area (Å²) in [5.74, 6) is 0.790. The zero-order valence-corrected chi connectivity index (χ0v) is 12.8. The van der Waals surface area contributed by atoms with Gasteiger partial charge in [0.25, 0.3) is 0 Å². The molecular weight excluding hydrogens is 270 g/mol. The van der Waals surface area contributed by atoms with Crippen molar-refractivity contribution in [2.24, 2.45) is 5.92 Å². The highest BCUT2D eigenvalue weighted by molar-refractivity contribution is 6.09. The van der Waals surface area contributed by atoms with E-state index >= 15 is 0 Å². The maximum Gasteiger partial charge on any atom is 0.150 e. The van der Waals surface area contributed by atoms with E-state index in [1.54, 1.807) is 0 Å². The van der Waals surface area contributed by atoms with Gasteiger partial charge < -0.3 is 4.57 Å². The third-order valence-corrected chi connectivity index (χ3v) is 5.10. The number of carbonyl (C=O) groups excluding carboxylic acids is 1. The van der Waals surface area contributed by atoms with Gasteiger partial charge in [-0.3, -0.25) is 4.79 Å². The van der Waals surface area contributed by atoms with Crippen LogP contribution in [0.25, 0.3) is 21.8 Å². The Morgan fingerprint density at radius 3 is 2.55 bits per heavy atom.